The quantitative estimate of drug-likeness (QED) is 0.608. The summed E-state index contributed by atoms with van der Waals surface area (Å²) in [5.74, 6) is -0.143. The van der Waals surface area contributed by atoms with Crippen molar-refractivity contribution in [1.82, 2.24) is 0 Å². The Hall–Kier alpha value is -0.830. The van der Waals surface area contributed by atoms with Gasteiger partial charge in [0.2, 0.25) is 0 Å². The molecule has 0 fully saturated rings. The maximum Gasteiger partial charge on any atom is 0.306 e. The van der Waals surface area contributed by atoms with Gasteiger partial charge in [0, 0.05) is 4.83 Å². The van der Waals surface area contributed by atoms with Gasteiger partial charge >= 0.3 is 5.97 Å². The summed E-state index contributed by atoms with van der Waals surface area (Å²) in [7, 11) is 0. The minimum Gasteiger partial charge on any atom is -0.466 e. The average Bonchev–Trinajstić information content (AvgIpc) is 2.19. The number of halogens is 1. The van der Waals surface area contributed by atoms with E-state index in [0.717, 1.165) is 6.42 Å². The van der Waals surface area contributed by atoms with Crippen LogP contribution in [0.3, 0.4) is 0 Å². The van der Waals surface area contributed by atoms with E-state index in [1.165, 1.54) is 5.56 Å². The second-order valence-electron chi connectivity index (χ2n) is 3.30. The molecule has 0 aliphatic rings. The van der Waals surface area contributed by atoms with Gasteiger partial charge in [-0.2, -0.15) is 0 Å². The van der Waals surface area contributed by atoms with Crippen molar-refractivity contribution in [3.05, 3.63) is 35.9 Å². The zero-order valence-corrected chi connectivity index (χ0v) is 10.4. The molecule has 15 heavy (non-hydrogen) atoms. The third-order valence-corrected chi connectivity index (χ3v) is 2.64. The fraction of sp³-hybridized carbons (Fsp3) is 0.417. The van der Waals surface area contributed by atoms with Crippen molar-refractivity contribution in [2.45, 2.75) is 24.6 Å². The Morgan fingerprint density at radius 3 is 2.67 bits per heavy atom. The van der Waals surface area contributed by atoms with Gasteiger partial charge < -0.3 is 4.74 Å². The van der Waals surface area contributed by atoms with E-state index in [0.29, 0.717) is 13.0 Å². The van der Waals surface area contributed by atoms with Crippen LogP contribution in [0.5, 0.6) is 0 Å². The van der Waals surface area contributed by atoms with Gasteiger partial charge in [-0.3, -0.25) is 4.79 Å². The standard InChI is InChI=1S/C12H15BrO2/c1-2-15-12(14)9-11(13)8-10-6-4-3-5-7-10/h3-7,11H,2,8-9H2,1H3. The number of rotatable bonds is 5. The average molecular weight is 271 g/mol. The van der Waals surface area contributed by atoms with Crippen LogP contribution < -0.4 is 0 Å². The van der Waals surface area contributed by atoms with Crippen LogP contribution in [0.25, 0.3) is 0 Å². The molecule has 0 heterocycles. The Bertz CT molecular complexity index is 298. The Morgan fingerprint density at radius 1 is 1.40 bits per heavy atom. The minimum atomic E-state index is -0.143. The van der Waals surface area contributed by atoms with Crippen molar-refractivity contribution in [3.8, 4) is 0 Å². The first kappa shape index (κ1) is 12.2. The Balaban J connectivity index is 2.36. The second kappa shape index (κ2) is 6.62. The third kappa shape index (κ3) is 4.98. The molecule has 0 amide bonds. The van der Waals surface area contributed by atoms with Crippen LogP contribution in [0.2, 0.25) is 0 Å². The van der Waals surface area contributed by atoms with E-state index in [1.54, 1.807) is 0 Å². The predicted octanol–water partition coefficient (Wildman–Crippen LogP) is 2.95. The summed E-state index contributed by atoms with van der Waals surface area (Å²) >= 11 is 3.48. The van der Waals surface area contributed by atoms with Gasteiger partial charge in [0.25, 0.3) is 0 Å². The predicted molar refractivity (Wildman–Crippen MR) is 64.1 cm³/mol. The van der Waals surface area contributed by atoms with Crippen LogP contribution in [-0.2, 0) is 16.0 Å². The van der Waals surface area contributed by atoms with E-state index >= 15 is 0 Å². The van der Waals surface area contributed by atoms with Crippen molar-refractivity contribution >= 4 is 21.9 Å². The molecule has 0 aliphatic heterocycles. The van der Waals surface area contributed by atoms with Gasteiger partial charge in [-0.15, -0.1) is 0 Å². The summed E-state index contributed by atoms with van der Waals surface area (Å²) in [6.45, 7) is 2.27. The van der Waals surface area contributed by atoms with Crippen molar-refractivity contribution in [3.63, 3.8) is 0 Å². The fourth-order valence-corrected chi connectivity index (χ4v) is 1.98. The van der Waals surface area contributed by atoms with Crippen molar-refractivity contribution < 1.29 is 9.53 Å². The molecule has 0 aliphatic carbocycles. The number of carbonyl (C=O) groups is 1. The summed E-state index contributed by atoms with van der Waals surface area (Å²) < 4.78 is 4.88. The normalized spacial score (nSPS) is 12.1. The molecule has 0 saturated heterocycles. The number of hydrogen-bond donors (Lipinski definition) is 0. The van der Waals surface area contributed by atoms with Crippen LogP contribution in [0, 0.1) is 0 Å². The lowest BCUT2D eigenvalue weighted by molar-refractivity contribution is -0.143. The number of benzene rings is 1. The monoisotopic (exact) mass is 270 g/mol. The maximum absolute atomic E-state index is 11.2. The zero-order valence-electron chi connectivity index (χ0n) is 8.78. The highest BCUT2D eigenvalue weighted by molar-refractivity contribution is 9.09. The lowest BCUT2D eigenvalue weighted by atomic mass is 10.1. The molecular formula is C12H15BrO2. The number of esters is 1. The number of hydrogen-bond acceptors (Lipinski definition) is 2. The first-order chi connectivity index (χ1) is 7.22. The number of alkyl halides is 1. The molecule has 1 atom stereocenters. The van der Waals surface area contributed by atoms with Crippen LogP contribution in [0.1, 0.15) is 18.9 Å². The van der Waals surface area contributed by atoms with E-state index in [1.807, 2.05) is 25.1 Å². The van der Waals surface area contributed by atoms with Crippen LogP contribution in [-0.4, -0.2) is 17.4 Å². The second-order valence-corrected chi connectivity index (χ2v) is 4.59. The Morgan fingerprint density at radius 2 is 2.07 bits per heavy atom. The van der Waals surface area contributed by atoms with E-state index in [9.17, 15) is 4.79 Å². The maximum atomic E-state index is 11.2. The number of ether oxygens (including phenoxy) is 1. The summed E-state index contributed by atoms with van der Waals surface area (Å²) in [6, 6.07) is 10.1. The summed E-state index contributed by atoms with van der Waals surface area (Å²) in [4.78, 5) is 11.3. The van der Waals surface area contributed by atoms with Crippen LogP contribution in [0.4, 0.5) is 0 Å². The minimum absolute atomic E-state index is 0.143. The Kier molecular flexibility index (Phi) is 5.40. The molecule has 1 rings (SSSR count). The largest absolute Gasteiger partial charge is 0.466 e. The van der Waals surface area contributed by atoms with Gasteiger partial charge in [0.05, 0.1) is 13.0 Å². The first-order valence-electron chi connectivity index (χ1n) is 5.06. The van der Waals surface area contributed by atoms with E-state index in [-0.39, 0.29) is 10.8 Å². The lowest BCUT2D eigenvalue weighted by Crippen LogP contribution is -2.13. The van der Waals surface area contributed by atoms with Crippen LogP contribution in [0.15, 0.2) is 30.3 Å². The van der Waals surface area contributed by atoms with Crippen molar-refractivity contribution in [1.29, 1.82) is 0 Å². The van der Waals surface area contributed by atoms with Crippen molar-refractivity contribution in [2.75, 3.05) is 6.61 Å². The molecule has 1 aromatic rings. The lowest BCUT2D eigenvalue weighted by Gasteiger charge is -2.08. The highest BCUT2D eigenvalue weighted by atomic mass is 79.9. The summed E-state index contributed by atoms with van der Waals surface area (Å²) in [5.41, 5.74) is 1.23. The molecule has 0 radical (unpaired) electrons. The third-order valence-electron chi connectivity index (χ3n) is 1.99. The topological polar surface area (TPSA) is 26.3 Å². The molecule has 0 saturated carbocycles. The number of carbonyl (C=O) groups excluding carboxylic acids is 1. The molecule has 2 nitrogen and oxygen atoms in total. The molecular weight excluding hydrogens is 256 g/mol. The molecule has 0 aromatic heterocycles. The fourth-order valence-electron chi connectivity index (χ4n) is 1.34. The molecule has 0 spiro atoms. The summed E-state index contributed by atoms with van der Waals surface area (Å²) in [5, 5.41) is 0. The van der Waals surface area contributed by atoms with E-state index in [4.69, 9.17) is 4.74 Å². The highest BCUT2D eigenvalue weighted by Gasteiger charge is 2.11. The van der Waals surface area contributed by atoms with E-state index in [2.05, 4.69) is 28.1 Å². The van der Waals surface area contributed by atoms with Gasteiger partial charge in [0.1, 0.15) is 0 Å². The molecule has 82 valence electrons. The van der Waals surface area contributed by atoms with Gasteiger partial charge in [-0.05, 0) is 18.9 Å². The summed E-state index contributed by atoms with van der Waals surface area (Å²) in [6.07, 6.45) is 1.27. The highest BCUT2D eigenvalue weighted by Crippen LogP contribution is 2.13. The van der Waals surface area contributed by atoms with Gasteiger partial charge in [-0.25, -0.2) is 0 Å². The molecule has 3 heteroatoms. The smallest absolute Gasteiger partial charge is 0.306 e. The Labute approximate surface area is 98.8 Å². The molecule has 0 bridgehead atoms. The molecule has 0 N–H and O–H groups in total. The molecule has 1 unspecified atom stereocenters. The molecule has 1 aromatic carbocycles. The SMILES string of the molecule is CCOC(=O)CC(Br)Cc1ccccc1. The van der Waals surface area contributed by atoms with E-state index < -0.39 is 0 Å². The first-order valence-corrected chi connectivity index (χ1v) is 5.97. The zero-order chi connectivity index (χ0) is 11.1. The van der Waals surface area contributed by atoms with Crippen molar-refractivity contribution in [2.24, 2.45) is 0 Å². The van der Waals surface area contributed by atoms with Crippen LogP contribution >= 0.6 is 15.9 Å². The van der Waals surface area contributed by atoms with Gasteiger partial charge in [-0.1, -0.05) is 46.3 Å². The van der Waals surface area contributed by atoms with Gasteiger partial charge in [0.15, 0.2) is 0 Å².